The van der Waals surface area contributed by atoms with Gasteiger partial charge in [0, 0.05) is 25.5 Å². The fraction of sp³-hybridized carbons (Fsp3) is 0.400. The second kappa shape index (κ2) is 13.1. The topological polar surface area (TPSA) is 96.4 Å². The molecule has 0 saturated carbocycles. The number of nitrogens with zero attached hydrogens (tertiary/aromatic N) is 4. The van der Waals surface area contributed by atoms with Crippen LogP contribution >= 0.6 is 21.6 Å². The molecule has 0 spiro atoms. The zero-order valence-electron chi connectivity index (χ0n) is 23.7. The largest absolute Gasteiger partial charge is 0.375 e. The zero-order valence-corrected chi connectivity index (χ0v) is 25.4. The van der Waals surface area contributed by atoms with E-state index < -0.39 is 0 Å². The summed E-state index contributed by atoms with van der Waals surface area (Å²) in [5.74, 6) is 0. The van der Waals surface area contributed by atoms with Crippen molar-refractivity contribution >= 4 is 21.6 Å². The Morgan fingerprint density at radius 3 is 1.48 bits per heavy atom. The third-order valence-electron chi connectivity index (χ3n) is 7.75. The molecule has 0 aliphatic carbocycles. The number of rotatable bonds is 9. The first kappa shape index (κ1) is 29.1. The Kier molecular flexibility index (Phi) is 9.08. The van der Waals surface area contributed by atoms with Crippen LogP contribution in [0, 0.1) is 0 Å². The highest BCUT2D eigenvalue weighted by Gasteiger charge is 2.26. The predicted octanol–water partition coefficient (Wildman–Crippen LogP) is 3.14. The van der Waals surface area contributed by atoms with Crippen molar-refractivity contribution in [3.05, 3.63) is 93.8 Å². The molecule has 2 aromatic carbocycles. The summed E-state index contributed by atoms with van der Waals surface area (Å²) >= 11 is 0. The van der Waals surface area contributed by atoms with Crippen LogP contribution in [-0.2, 0) is 22.6 Å². The lowest BCUT2D eigenvalue weighted by Crippen LogP contribution is -2.49. The van der Waals surface area contributed by atoms with Crippen LogP contribution in [0.3, 0.4) is 0 Å². The molecule has 0 bridgehead atoms. The first-order chi connectivity index (χ1) is 20.5. The minimum Gasteiger partial charge on any atom is -0.375 e. The summed E-state index contributed by atoms with van der Waals surface area (Å²) in [7, 11) is 2.63. The van der Waals surface area contributed by atoms with Crippen LogP contribution in [0.15, 0.2) is 92.4 Å². The van der Waals surface area contributed by atoms with Gasteiger partial charge >= 0.3 is 0 Å². The van der Waals surface area contributed by atoms with Crippen molar-refractivity contribution in [3.8, 4) is 11.4 Å². The van der Waals surface area contributed by atoms with E-state index in [1.807, 2.05) is 82.4 Å². The Labute approximate surface area is 252 Å². The summed E-state index contributed by atoms with van der Waals surface area (Å²) in [4.78, 5) is 28.6. The second-order valence-corrected chi connectivity index (χ2v) is 12.8. The van der Waals surface area contributed by atoms with E-state index >= 15 is 0 Å². The number of para-hydroxylation sites is 2. The smallest absolute Gasteiger partial charge is 0.285 e. The summed E-state index contributed by atoms with van der Waals surface area (Å²) in [6, 6.07) is 19.4. The van der Waals surface area contributed by atoms with Gasteiger partial charge in [-0.25, -0.2) is 9.36 Å². The Morgan fingerprint density at radius 2 is 1.10 bits per heavy atom. The van der Waals surface area contributed by atoms with E-state index in [0.29, 0.717) is 36.1 Å². The van der Waals surface area contributed by atoms with Crippen LogP contribution in [0.2, 0.25) is 0 Å². The van der Waals surface area contributed by atoms with Gasteiger partial charge in [0.15, 0.2) is 0 Å². The van der Waals surface area contributed by atoms with Gasteiger partial charge in [0.2, 0.25) is 0 Å². The van der Waals surface area contributed by atoms with E-state index in [4.69, 9.17) is 9.47 Å². The van der Waals surface area contributed by atoms with E-state index in [9.17, 15) is 9.59 Å². The molecule has 4 heterocycles. The maximum atomic E-state index is 13.8. The van der Waals surface area contributed by atoms with Gasteiger partial charge in [0.05, 0.1) is 62.0 Å². The van der Waals surface area contributed by atoms with Crippen LogP contribution in [-0.4, -0.2) is 69.3 Å². The monoisotopic (exact) mass is 608 g/mol. The lowest BCUT2D eigenvalue weighted by atomic mass is 10.1. The average molecular weight is 609 g/mol. The van der Waals surface area contributed by atoms with Crippen molar-refractivity contribution in [1.29, 1.82) is 0 Å². The van der Waals surface area contributed by atoms with E-state index in [1.165, 1.54) is 21.6 Å². The fourth-order valence-corrected chi connectivity index (χ4v) is 7.50. The standard InChI is InChI=1S/C30H36N6O4S2/c1-21-25(31-13-15-39-21)17-33-19-27(29(37)35(33)23-9-5-3-6-10-23)41-42-28-20-34(18-26-22(2)40-16-14-32-26)36(30(28)38)24-11-7-4-8-12-24/h3-12,19-22,25-26,31-32H,13-18H2,1-2H3. The first-order valence-electron chi connectivity index (χ1n) is 14.3. The maximum absolute atomic E-state index is 13.8. The van der Waals surface area contributed by atoms with Crippen molar-refractivity contribution in [3.63, 3.8) is 0 Å². The van der Waals surface area contributed by atoms with Gasteiger partial charge in [-0.05, 0) is 59.7 Å². The molecular formula is C30H36N6O4S2. The summed E-state index contributed by atoms with van der Waals surface area (Å²) in [5.41, 5.74) is 1.34. The van der Waals surface area contributed by atoms with Crippen molar-refractivity contribution < 1.29 is 9.47 Å². The van der Waals surface area contributed by atoms with Crippen molar-refractivity contribution in [2.24, 2.45) is 0 Å². The maximum Gasteiger partial charge on any atom is 0.285 e. The van der Waals surface area contributed by atoms with Crippen molar-refractivity contribution in [2.45, 2.75) is 61.0 Å². The highest BCUT2D eigenvalue weighted by atomic mass is 33.1. The molecule has 2 N–H and O–H groups in total. The third-order valence-corrected chi connectivity index (χ3v) is 10.1. The highest BCUT2D eigenvalue weighted by molar-refractivity contribution is 8.76. The normalized spacial score (nSPS) is 22.8. The number of nitrogens with one attached hydrogen (secondary N) is 2. The lowest BCUT2D eigenvalue weighted by molar-refractivity contribution is 0.00196. The molecule has 222 valence electrons. The quantitative estimate of drug-likeness (QED) is 0.280. The molecule has 10 nitrogen and oxygen atoms in total. The van der Waals surface area contributed by atoms with E-state index in [1.54, 1.807) is 9.36 Å². The Balaban J connectivity index is 1.30. The molecule has 42 heavy (non-hydrogen) atoms. The number of hydrogen-bond acceptors (Lipinski definition) is 8. The molecule has 4 unspecified atom stereocenters. The number of hydrogen-bond donors (Lipinski definition) is 2. The van der Waals surface area contributed by atoms with Crippen LogP contribution in [0.25, 0.3) is 11.4 Å². The molecule has 2 saturated heterocycles. The van der Waals surface area contributed by atoms with Gasteiger partial charge in [0.1, 0.15) is 9.79 Å². The molecule has 2 aromatic heterocycles. The van der Waals surface area contributed by atoms with Crippen LogP contribution in [0.5, 0.6) is 0 Å². The average Bonchev–Trinajstić information content (AvgIpc) is 3.49. The van der Waals surface area contributed by atoms with E-state index in [-0.39, 0.29) is 35.4 Å². The molecule has 0 amide bonds. The Hall–Kier alpha value is -3.00. The SMILES string of the molecule is CC1OCCNC1Cn1cc(SSc2cn(CC3NCCOC3C)n(-c3ccccc3)c2=O)c(=O)n1-c1ccccc1. The van der Waals surface area contributed by atoms with Crippen LogP contribution in [0.4, 0.5) is 0 Å². The van der Waals surface area contributed by atoms with Gasteiger partial charge in [-0.3, -0.25) is 19.0 Å². The molecule has 12 heteroatoms. The molecule has 2 aliphatic heterocycles. The minimum atomic E-state index is -0.122. The number of morpholine rings is 2. The molecule has 4 aromatic rings. The highest BCUT2D eigenvalue weighted by Crippen LogP contribution is 2.35. The fourth-order valence-electron chi connectivity index (χ4n) is 5.45. The number of aromatic nitrogens is 4. The van der Waals surface area contributed by atoms with Crippen LogP contribution < -0.4 is 21.8 Å². The zero-order chi connectivity index (χ0) is 29.1. The van der Waals surface area contributed by atoms with E-state index in [2.05, 4.69) is 24.5 Å². The molecule has 0 radical (unpaired) electrons. The third kappa shape index (κ3) is 6.19. The second-order valence-electron chi connectivity index (χ2n) is 10.6. The molecule has 6 rings (SSSR count). The summed E-state index contributed by atoms with van der Waals surface area (Å²) in [6.45, 7) is 8.14. The Morgan fingerprint density at radius 1 is 0.690 bits per heavy atom. The van der Waals surface area contributed by atoms with Crippen molar-refractivity contribution in [2.75, 3.05) is 26.3 Å². The summed E-state index contributed by atoms with van der Waals surface area (Å²) in [5, 5.41) is 7.03. The van der Waals surface area contributed by atoms with Gasteiger partial charge in [-0.15, -0.1) is 0 Å². The molecular weight excluding hydrogens is 573 g/mol. The van der Waals surface area contributed by atoms with Gasteiger partial charge in [-0.2, -0.15) is 0 Å². The molecule has 4 atom stereocenters. The van der Waals surface area contributed by atoms with Crippen molar-refractivity contribution in [1.82, 2.24) is 29.4 Å². The number of ether oxygens (including phenoxy) is 2. The summed E-state index contributed by atoms with van der Waals surface area (Å²) < 4.78 is 19.0. The predicted molar refractivity (Wildman–Crippen MR) is 166 cm³/mol. The van der Waals surface area contributed by atoms with Gasteiger partial charge in [-0.1, -0.05) is 36.4 Å². The van der Waals surface area contributed by atoms with Crippen LogP contribution in [0.1, 0.15) is 13.8 Å². The Bertz CT molecular complexity index is 1480. The number of benzene rings is 2. The lowest BCUT2D eigenvalue weighted by Gasteiger charge is -2.31. The summed E-state index contributed by atoms with van der Waals surface area (Å²) in [6.07, 6.45) is 3.81. The molecule has 2 aliphatic rings. The molecule has 2 fully saturated rings. The van der Waals surface area contributed by atoms with E-state index in [0.717, 1.165) is 24.5 Å². The first-order valence-corrected chi connectivity index (χ1v) is 16.4. The van der Waals surface area contributed by atoms with Gasteiger partial charge < -0.3 is 20.1 Å². The van der Waals surface area contributed by atoms with Gasteiger partial charge in [0.25, 0.3) is 11.1 Å². The minimum absolute atomic E-state index is 0.0222.